The quantitative estimate of drug-likeness (QED) is 0.887. The maximum absolute atomic E-state index is 11.8. The standard InChI is InChI=1S/C14H18N4O2/c1-9-4-5-12(15-8-9)17-13(19)6-7-18-11(3)10(2)16-14(18)20/h4-5,8H,6-7H2,1-3H3,(H,16,20)(H,15,17,19). The Morgan fingerprint density at radius 3 is 2.65 bits per heavy atom. The molecule has 0 aliphatic heterocycles. The topological polar surface area (TPSA) is 79.8 Å². The predicted octanol–water partition coefficient (Wildman–Crippen LogP) is 1.53. The average molecular weight is 274 g/mol. The van der Waals surface area contributed by atoms with Crippen LogP contribution < -0.4 is 11.0 Å². The maximum Gasteiger partial charge on any atom is 0.325 e. The van der Waals surface area contributed by atoms with E-state index in [1.165, 1.54) is 0 Å². The van der Waals surface area contributed by atoms with Crippen LogP contribution in [0.1, 0.15) is 23.4 Å². The fraction of sp³-hybridized carbons (Fsp3) is 0.357. The Hall–Kier alpha value is -2.37. The second-order valence-electron chi connectivity index (χ2n) is 4.81. The van der Waals surface area contributed by atoms with Gasteiger partial charge in [-0.05, 0) is 32.4 Å². The molecule has 2 rings (SSSR count). The number of aryl methyl sites for hydroxylation is 2. The molecule has 0 atom stereocenters. The summed E-state index contributed by atoms with van der Waals surface area (Å²) in [6.45, 7) is 5.98. The van der Waals surface area contributed by atoms with E-state index >= 15 is 0 Å². The molecule has 0 aromatic carbocycles. The van der Waals surface area contributed by atoms with Crippen molar-refractivity contribution in [2.75, 3.05) is 5.32 Å². The average Bonchev–Trinajstić information content (AvgIpc) is 2.64. The van der Waals surface area contributed by atoms with Crippen molar-refractivity contribution in [3.05, 3.63) is 45.8 Å². The van der Waals surface area contributed by atoms with Gasteiger partial charge in [0.1, 0.15) is 5.82 Å². The first-order chi connectivity index (χ1) is 9.47. The number of imidazole rings is 1. The van der Waals surface area contributed by atoms with Gasteiger partial charge in [0, 0.05) is 30.6 Å². The molecule has 1 amide bonds. The first-order valence-corrected chi connectivity index (χ1v) is 6.46. The summed E-state index contributed by atoms with van der Waals surface area (Å²) in [7, 11) is 0. The lowest BCUT2D eigenvalue weighted by Crippen LogP contribution is -2.22. The molecule has 0 fully saturated rings. The van der Waals surface area contributed by atoms with Crippen molar-refractivity contribution in [1.29, 1.82) is 0 Å². The Kier molecular flexibility index (Phi) is 4.02. The minimum atomic E-state index is -0.179. The van der Waals surface area contributed by atoms with E-state index in [0.717, 1.165) is 17.0 Å². The summed E-state index contributed by atoms with van der Waals surface area (Å²) in [4.78, 5) is 30.3. The van der Waals surface area contributed by atoms with E-state index in [2.05, 4.69) is 15.3 Å². The number of H-pyrrole nitrogens is 1. The highest BCUT2D eigenvalue weighted by molar-refractivity contribution is 5.89. The van der Waals surface area contributed by atoms with Gasteiger partial charge in [0.2, 0.25) is 5.91 Å². The monoisotopic (exact) mass is 274 g/mol. The number of aromatic amines is 1. The van der Waals surface area contributed by atoms with Crippen LogP contribution in [-0.2, 0) is 11.3 Å². The Morgan fingerprint density at radius 2 is 2.10 bits per heavy atom. The molecule has 0 radical (unpaired) electrons. The summed E-state index contributed by atoms with van der Waals surface area (Å²) in [5.41, 5.74) is 2.54. The van der Waals surface area contributed by atoms with Gasteiger partial charge < -0.3 is 10.3 Å². The summed E-state index contributed by atoms with van der Waals surface area (Å²) in [5.74, 6) is 0.362. The van der Waals surface area contributed by atoms with Crippen LogP contribution in [0.15, 0.2) is 23.1 Å². The molecule has 0 aliphatic carbocycles. The van der Waals surface area contributed by atoms with Gasteiger partial charge in [-0.15, -0.1) is 0 Å². The molecule has 0 aliphatic rings. The Morgan fingerprint density at radius 1 is 1.35 bits per heavy atom. The molecule has 0 bridgehead atoms. The summed E-state index contributed by atoms with van der Waals surface area (Å²) < 4.78 is 1.57. The van der Waals surface area contributed by atoms with Gasteiger partial charge in [0.05, 0.1) is 0 Å². The second kappa shape index (κ2) is 5.73. The molecule has 2 aromatic rings. The van der Waals surface area contributed by atoms with E-state index in [0.29, 0.717) is 12.4 Å². The van der Waals surface area contributed by atoms with Crippen LogP contribution >= 0.6 is 0 Å². The van der Waals surface area contributed by atoms with Crippen molar-refractivity contribution < 1.29 is 4.79 Å². The van der Waals surface area contributed by atoms with Crippen molar-refractivity contribution in [1.82, 2.24) is 14.5 Å². The molecule has 2 N–H and O–H groups in total. The van der Waals surface area contributed by atoms with Crippen LogP contribution in [-0.4, -0.2) is 20.4 Å². The van der Waals surface area contributed by atoms with Crippen LogP contribution in [0, 0.1) is 20.8 Å². The number of pyridine rings is 1. The number of carbonyl (C=O) groups excluding carboxylic acids is 1. The van der Waals surface area contributed by atoms with E-state index in [4.69, 9.17) is 0 Å². The van der Waals surface area contributed by atoms with Crippen LogP contribution in [0.3, 0.4) is 0 Å². The van der Waals surface area contributed by atoms with E-state index in [9.17, 15) is 9.59 Å². The van der Waals surface area contributed by atoms with Crippen LogP contribution in [0.5, 0.6) is 0 Å². The third-order valence-corrected chi connectivity index (χ3v) is 3.23. The zero-order valence-electron chi connectivity index (χ0n) is 11.9. The zero-order chi connectivity index (χ0) is 14.7. The van der Waals surface area contributed by atoms with E-state index in [1.54, 1.807) is 16.8 Å². The number of aromatic nitrogens is 3. The van der Waals surface area contributed by atoms with Gasteiger partial charge in [0.25, 0.3) is 0 Å². The number of nitrogens with zero attached hydrogens (tertiary/aromatic N) is 2. The van der Waals surface area contributed by atoms with Gasteiger partial charge in [0.15, 0.2) is 0 Å². The van der Waals surface area contributed by atoms with Crippen molar-refractivity contribution in [3.8, 4) is 0 Å². The highest BCUT2D eigenvalue weighted by Crippen LogP contribution is 2.05. The lowest BCUT2D eigenvalue weighted by molar-refractivity contribution is -0.116. The molecular weight excluding hydrogens is 256 g/mol. The van der Waals surface area contributed by atoms with Crippen LogP contribution in [0.2, 0.25) is 0 Å². The second-order valence-corrected chi connectivity index (χ2v) is 4.81. The third-order valence-electron chi connectivity index (χ3n) is 3.23. The summed E-state index contributed by atoms with van der Waals surface area (Å²) in [6, 6.07) is 3.64. The minimum Gasteiger partial charge on any atom is -0.311 e. The minimum absolute atomic E-state index is 0.161. The fourth-order valence-corrected chi connectivity index (χ4v) is 1.90. The van der Waals surface area contributed by atoms with Crippen molar-refractivity contribution in [2.45, 2.75) is 33.7 Å². The number of carbonyl (C=O) groups is 1. The molecule has 6 nitrogen and oxygen atoms in total. The largest absolute Gasteiger partial charge is 0.325 e. The first-order valence-electron chi connectivity index (χ1n) is 6.46. The third kappa shape index (κ3) is 3.14. The van der Waals surface area contributed by atoms with E-state index in [-0.39, 0.29) is 18.0 Å². The molecule has 0 saturated heterocycles. The number of rotatable bonds is 4. The Bertz CT molecular complexity index is 667. The SMILES string of the molecule is Cc1ccc(NC(=O)CCn2c(C)c(C)[nH]c2=O)nc1. The lowest BCUT2D eigenvalue weighted by Gasteiger charge is -2.06. The van der Waals surface area contributed by atoms with Gasteiger partial charge in [-0.2, -0.15) is 0 Å². The first kappa shape index (κ1) is 14.0. The molecule has 6 heteroatoms. The van der Waals surface area contributed by atoms with Gasteiger partial charge in [-0.25, -0.2) is 9.78 Å². The number of hydrogen-bond donors (Lipinski definition) is 2. The Balaban J connectivity index is 1.95. The lowest BCUT2D eigenvalue weighted by atomic mass is 10.3. The van der Waals surface area contributed by atoms with E-state index in [1.807, 2.05) is 26.8 Å². The molecule has 0 spiro atoms. The zero-order valence-corrected chi connectivity index (χ0v) is 11.9. The number of nitrogens with one attached hydrogen (secondary N) is 2. The highest BCUT2D eigenvalue weighted by Gasteiger charge is 2.09. The Labute approximate surface area is 116 Å². The van der Waals surface area contributed by atoms with Crippen molar-refractivity contribution in [2.24, 2.45) is 0 Å². The molecule has 2 aromatic heterocycles. The molecule has 20 heavy (non-hydrogen) atoms. The highest BCUT2D eigenvalue weighted by atomic mass is 16.2. The molecular formula is C14H18N4O2. The van der Waals surface area contributed by atoms with Gasteiger partial charge in [-0.1, -0.05) is 6.07 Å². The van der Waals surface area contributed by atoms with Crippen molar-refractivity contribution >= 4 is 11.7 Å². The van der Waals surface area contributed by atoms with Gasteiger partial charge in [-0.3, -0.25) is 9.36 Å². The smallest absolute Gasteiger partial charge is 0.311 e. The number of amides is 1. The van der Waals surface area contributed by atoms with Crippen LogP contribution in [0.25, 0.3) is 0 Å². The molecule has 0 saturated carbocycles. The summed E-state index contributed by atoms with van der Waals surface area (Å²) >= 11 is 0. The van der Waals surface area contributed by atoms with Crippen molar-refractivity contribution in [3.63, 3.8) is 0 Å². The predicted molar refractivity (Wildman–Crippen MR) is 76.7 cm³/mol. The maximum atomic E-state index is 11.8. The number of anilines is 1. The van der Waals surface area contributed by atoms with Gasteiger partial charge >= 0.3 is 5.69 Å². The number of hydrogen-bond acceptors (Lipinski definition) is 3. The fourth-order valence-electron chi connectivity index (χ4n) is 1.90. The molecule has 2 heterocycles. The summed E-state index contributed by atoms with van der Waals surface area (Å²) in [5, 5.41) is 2.71. The molecule has 106 valence electrons. The normalized spacial score (nSPS) is 10.6. The molecule has 0 unspecified atom stereocenters. The summed E-state index contributed by atoms with van der Waals surface area (Å²) in [6.07, 6.45) is 1.92. The van der Waals surface area contributed by atoms with E-state index < -0.39 is 0 Å². The van der Waals surface area contributed by atoms with Crippen LogP contribution in [0.4, 0.5) is 5.82 Å².